The minimum absolute atomic E-state index is 0.226. The molecule has 0 amide bonds. The molecule has 1 heterocycles. The average molecular weight is 396 g/mol. The maximum absolute atomic E-state index is 13.9. The van der Waals surface area contributed by atoms with Gasteiger partial charge in [-0.15, -0.1) is 0 Å². The van der Waals surface area contributed by atoms with Crippen LogP contribution in [0.25, 0.3) is 0 Å². The Morgan fingerprint density at radius 2 is 1.93 bits per heavy atom. The number of thiocarbonyl (C=S) groups is 1. The molecule has 0 unspecified atom stereocenters. The SMILES string of the molecule is CCOc1ccccc1NC(=S)N/N=C/c1cccn1Cc1ccccc1F. The Hall–Kier alpha value is -3.19. The van der Waals surface area contributed by atoms with Crippen LogP contribution in [0.3, 0.4) is 0 Å². The Labute approximate surface area is 168 Å². The number of aromatic nitrogens is 1. The van der Waals surface area contributed by atoms with Crippen LogP contribution in [0.2, 0.25) is 0 Å². The minimum Gasteiger partial charge on any atom is -0.492 e. The molecule has 0 aliphatic carbocycles. The molecule has 0 aliphatic rings. The first-order valence-corrected chi connectivity index (χ1v) is 9.28. The zero-order chi connectivity index (χ0) is 19.8. The molecule has 0 aliphatic heterocycles. The Bertz CT molecular complexity index is 970. The summed E-state index contributed by atoms with van der Waals surface area (Å²) in [5.41, 5.74) is 5.00. The summed E-state index contributed by atoms with van der Waals surface area (Å²) in [6, 6.07) is 18.0. The summed E-state index contributed by atoms with van der Waals surface area (Å²) in [7, 11) is 0. The molecule has 2 N–H and O–H groups in total. The number of halogens is 1. The van der Waals surface area contributed by atoms with Crippen LogP contribution in [0.1, 0.15) is 18.2 Å². The van der Waals surface area contributed by atoms with Gasteiger partial charge in [0, 0.05) is 11.8 Å². The van der Waals surface area contributed by atoms with Crippen molar-refractivity contribution >= 4 is 29.2 Å². The topological polar surface area (TPSA) is 50.6 Å². The van der Waals surface area contributed by atoms with E-state index >= 15 is 0 Å². The summed E-state index contributed by atoms with van der Waals surface area (Å²) in [6.45, 7) is 2.91. The summed E-state index contributed by atoms with van der Waals surface area (Å²) in [6.07, 6.45) is 3.52. The fourth-order valence-electron chi connectivity index (χ4n) is 2.66. The van der Waals surface area contributed by atoms with Crippen molar-refractivity contribution in [1.82, 2.24) is 9.99 Å². The van der Waals surface area contributed by atoms with Crippen LogP contribution in [-0.2, 0) is 6.54 Å². The van der Waals surface area contributed by atoms with Crippen molar-refractivity contribution in [1.29, 1.82) is 0 Å². The van der Waals surface area contributed by atoms with Gasteiger partial charge in [-0.2, -0.15) is 5.10 Å². The van der Waals surface area contributed by atoms with Gasteiger partial charge in [-0.05, 0) is 49.5 Å². The van der Waals surface area contributed by atoms with E-state index < -0.39 is 0 Å². The molecule has 0 bridgehead atoms. The van der Waals surface area contributed by atoms with Crippen LogP contribution in [0, 0.1) is 5.82 Å². The third kappa shape index (κ3) is 5.17. The minimum atomic E-state index is -0.226. The summed E-state index contributed by atoms with van der Waals surface area (Å²) in [4.78, 5) is 0. The van der Waals surface area contributed by atoms with Crippen molar-refractivity contribution < 1.29 is 9.13 Å². The summed E-state index contributed by atoms with van der Waals surface area (Å²) in [5.74, 6) is 0.493. The quantitative estimate of drug-likeness (QED) is 0.353. The number of nitrogens with zero attached hydrogens (tertiary/aromatic N) is 2. The normalized spacial score (nSPS) is 10.8. The molecule has 3 rings (SSSR count). The summed E-state index contributed by atoms with van der Waals surface area (Å²) in [5, 5.41) is 7.58. The third-order valence-corrected chi connectivity index (χ3v) is 4.15. The third-order valence-electron chi connectivity index (χ3n) is 3.96. The zero-order valence-corrected chi connectivity index (χ0v) is 16.2. The van der Waals surface area contributed by atoms with Crippen LogP contribution >= 0.6 is 12.2 Å². The van der Waals surface area contributed by atoms with E-state index in [1.54, 1.807) is 18.3 Å². The van der Waals surface area contributed by atoms with E-state index in [2.05, 4.69) is 15.8 Å². The van der Waals surface area contributed by atoms with Crippen molar-refractivity contribution in [2.45, 2.75) is 13.5 Å². The molecule has 5 nitrogen and oxygen atoms in total. The van der Waals surface area contributed by atoms with E-state index in [0.717, 1.165) is 17.1 Å². The number of rotatable bonds is 7. The molecule has 0 saturated heterocycles. The lowest BCUT2D eigenvalue weighted by Gasteiger charge is -2.12. The number of hydrogen-bond acceptors (Lipinski definition) is 3. The van der Waals surface area contributed by atoms with Gasteiger partial charge in [-0.25, -0.2) is 4.39 Å². The predicted molar refractivity (Wildman–Crippen MR) is 114 cm³/mol. The van der Waals surface area contributed by atoms with Crippen molar-refractivity contribution in [2.24, 2.45) is 5.10 Å². The van der Waals surface area contributed by atoms with E-state index in [1.165, 1.54) is 6.07 Å². The maximum Gasteiger partial charge on any atom is 0.191 e. The summed E-state index contributed by atoms with van der Waals surface area (Å²) >= 11 is 5.28. The molecular weight excluding hydrogens is 375 g/mol. The van der Waals surface area contributed by atoms with Crippen molar-refractivity contribution in [3.63, 3.8) is 0 Å². The number of hydrazone groups is 1. The summed E-state index contributed by atoms with van der Waals surface area (Å²) < 4.78 is 21.3. The van der Waals surface area contributed by atoms with Crippen LogP contribution in [0.15, 0.2) is 72.0 Å². The largest absolute Gasteiger partial charge is 0.492 e. The first-order chi connectivity index (χ1) is 13.7. The molecule has 144 valence electrons. The first-order valence-electron chi connectivity index (χ1n) is 8.88. The highest BCUT2D eigenvalue weighted by Crippen LogP contribution is 2.23. The molecule has 0 atom stereocenters. The number of ether oxygens (including phenoxy) is 1. The molecule has 1 aromatic heterocycles. The highest BCUT2D eigenvalue weighted by molar-refractivity contribution is 7.80. The maximum atomic E-state index is 13.9. The lowest BCUT2D eigenvalue weighted by Crippen LogP contribution is -2.24. The number of para-hydroxylation sites is 2. The molecule has 0 fully saturated rings. The van der Waals surface area contributed by atoms with E-state index in [4.69, 9.17) is 17.0 Å². The van der Waals surface area contributed by atoms with E-state index in [9.17, 15) is 4.39 Å². The number of hydrogen-bond donors (Lipinski definition) is 2. The van der Waals surface area contributed by atoms with E-state index in [0.29, 0.717) is 23.8 Å². The number of benzene rings is 2. The van der Waals surface area contributed by atoms with Crippen LogP contribution in [-0.4, -0.2) is 22.5 Å². The van der Waals surface area contributed by atoms with Gasteiger partial charge < -0.3 is 14.6 Å². The fraction of sp³-hybridized carbons (Fsp3) is 0.143. The van der Waals surface area contributed by atoms with Crippen molar-refractivity contribution in [3.05, 3.63) is 83.9 Å². The molecule has 28 heavy (non-hydrogen) atoms. The van der Waals surface area contributed by atoms with Gasteiger partial charge in [-0.3, -0.25) is 5.43 Å². The highest BCUT2D eigenvalue weighted by Gasteiger charge is 2.05. The fourth-order valence-corrected chi connectivity index (χ4v) is 2.82. The van der Waals surface area contributed by atoms with Gasteiger partial charge in [0.1, 0.15) is 11.6 Å². The van der Waals surface area contributed by atoms with Crippen LogP contribution in [0.4, 0.5) is 10.1 Å². The van der Waals surface area contributed by atoms with Crippen molar-refractivity contribution in [3.8, 4) is 5.75 Å². The monoisotopic (exact) mass is 396 g/mol. The Morgan fingerprint density at radius 1 is 1.14 bits per heavy atom. The van der Waals surface area contributed by atoms with Gasteiger partial charge in [0.2, 0.25) is 0 Å². The van der Waals surface area contributed by atoms with Crippen LogP contribution in [0.5, 0.6) is 5.75 Å². The van der Waals surface area contributed by atoms with Crippen molar-refractivity contribution in [2.75, 3.05) is 11.9 Å². The van der Waals surface area contributed by atoms with Gasteiger partial charge in [0.25, 0.3) is 0 Å². The smallest absolute Gasteiger partial charge is 0.191 e. The van der Waals surface area contributed by atoms with E-state index in [-0.39, 0.29) is 5.82 Å². The standard InChI is InChI=1S/C21H21FN4OS/c1-2-27-20-12-6-5-11-19(20)24-21(28)25-23-14-17-9-7-13-26(17)15-16-8-3-4-10-18(16)22/h3-14H,2,15H2,1H3,(H2,24,25,28)/b23-14+. The second-order valence-corrected chi connectivity index (χ2v) is 6.31. The second kappa shape index (κ2) is 9.66. The van der Waals surface area contributed by atoms with Gasteiger partial charge in [-0.1, -0.05) is 30.3 Å². The molecule has 0 saturated carbocycles. The Kier molecular flexibility index (Phi) is 6.75. The molecule has 3 aromatic rings. The van der Waals surface area contributed by atoms with Gasteiger partial charge in [0.05, 0.1) is 30.7 Å². The zero-order valence-electron chi connectivity index (χ0n) is 15.4. The molecule has 7 heteroatoms. The number of nitrogens with one attached hydrogen (secondary N) is 2. The Balaban J connectivity index is 1.61. The number of anilines is 1. The Morgan fingerprint density at radius 3 is 2.75 bits per heavy atom. The van der Waals surface area contributed by atoms with E-state index in [1.807, 2.05) is 60.2 Å². The average Bonchev–Trinajstić information content (AvgIpc) is 3.12. The lowest BCUT2D eigenvalue weighted by atomic mass is 10.2. The molecule has 2 aromatic carbocycles. The van der Waals surface area contributed by atoms with Crippen LogP contribution < -0.4 is 15.5 Å². The lowest BCUT2D eigenvalue weighted by molar-refractivity contribution is 0.342. The molecule has 0 spiro atoms. The molecule has 0 radical (unpaired) electrons. The van der Waals surface area contributed by atoms with Gasteiger partial charge in [0.15, 0.2) is 5.11 Å². The van der Waals surface area contributed by atoms with Gasteiger partial charge >= 0.3 is 0 Å². The second-order valence-electron chi connectivity index (χ2n) is 5.91. The predicted octanol–water partition coefficient (Wildman–Crippen LogP) is 4.39. The molecular formula is C21H21FN4OS. The first kappa shape index (κ1) is 19.6. The highest BCUT2D eigenvalue weighted by atomic mass is 32.1.